The van der Waals surface area contributed by atoms with E-state index >= 15 is 0 Å². The molecule has 1 aromatic rings. The third-order valence-corrected chi connectivity index (χ3v) is 7.58. The Morgan fingerprint density at radius 1 is 1.36 bits per heavy atom. The third kappa shape index (κ3) is 3.75. The van der Waals surface area contributed by atoms with Gasteiger partial charge in [-0.2, -0.15) is 4.99 Å². The van der Waals surface area contributed by atoms with Gasteiger partial charge in [0.1, 0.15) is 6.61 Å². The number of benzene rings is 1. The second kappa shape index (κ2) is 7.09. The van der Waals surface area contributed by atoms with E-state index < -0.39 is 9.84 Å². The number of ether oxygens (including phenoxy) is 1. The number of amidine groups is 1. The van der Waals surface area contributed by atoms with Gasteiger partial charge in [-0.1, -0.05) is 43.8 Å². The number of carbonyl (C=O) groups excluding carboxylic acids is 1. The molecule has 2 atom stereocenters. The van der Waals surface area contributed by atoms with Crippen molar-refractivity contribution in [3.8, 4) is 0 Å². The van der Waals surface area contributed by atoms with Crippen molar-refractivity contribution in [2.75, 3.05) is 30.1 Å². The Balaban J connectivity index is 2.06. The number of amides is 1. The Morgan fingerprint density at radius 2 is 2.08 bits per heavy atom. The first-order valence-corrected chi connectivity index (χ1v) is 10.9. The van der Waals surface area contributed by atoms with Gasteiger partial charge in [-0.3, -0.25) is 4.79 Å². The van der Waals surface area contributed by atoms with Gasteiger partial charge < -0.3 is 9.64 Å². The van der Waals surface area contributed by atoms with Crippen LogP contribution in [0.1, 0.15) is 25.3 Å². The summed E-state index contributed by atoms with van der Waals surface area (Å²) in [6, 6.07) is 7.72. The normalized spacial score (nSPS) is 26.4. The predicted molar refractivity (Wildman–Crippen MR) is 101 cm³/mol. The maximum absolute atomic E-state index is 12.1. The van der Waals surface area contributed by atoms with Crippen molar-refractivity contribution in [2.45, 2.75) is 31.1 Å². The molecule has 1 amide bonds. The minimum Gasteiger partial charge on any atom is -0.375 e. The summed E-state index contributed by atoms with van der Waals surface area (Å²) in [7, 11) is -1.62. The fourth-order valence-electron chi connectivity index (χ4n) is 3.30. The molecule has 0 N–H and O–H groups in total. The number of anilines is 1. The van der Waals surface area contributed by atoms with E-state index in [0.717, 1.165) is 11.3 Å². The molecule has 8 heteroatoms. The van der Waals surface area contributed by atoms with Crippen molar-refractivity contribution >= 4 is 38.4 Å². The van der Waals surface area contributed by atoms with Crippen molar-refractivity contribution in [3.05, 3.63) is 29.8 Å². The van der Waals surface area contributed by atoms with Crippen LogP contribution in [0, 0.1) is 0 Å². The van der Waals surface area contributed by atoms with E-state index in [-0.39, 0.29) is 41.2 Å². The third-order valence-electron chi connectivity index (χ3n) is 4.37. The molecule has 2 heterocycles. The van der Waals surface area contributed by atoms with Gasteiger partial charge in [0, 0.05) is 18.0 Å². The fourth-order valence-corrected chi connectivity index (χ4v) is 7.23. The molecular formula is C17H22N2O4S2. The summed E-state index contributed by atoms with van der Waals surface area (Å²) < 4.78 is 29.1. The minimum atomic E-state index is -3.07. The van der Waals surface area contributed by atoms with Gasteiger partial charge in [0.2, 0.25) is 0 Å². The van der Waals surface area contributed by atoms with Crippen molar-refractivity contribution in [2.24, 2.45) is 4.99 Å². The van der Waals surface area contributed by atoms with Crippen LogP contribution in [-0.4, -0.2) is 56.0 Å². The number of hydrogen-bond donors (Lipinski definition) is 0. The number of nitrogens with zero attached hydrogens (tertiary/aromatic N) is 2. The fraction of sp³-hybridized carbons (Fsp3) is 0.529. The van der Waals surface area contributed by atoms with Crippen molar-refractivity contribution in [1.82, 2.24) is 0 Å². The first-order valence-electron chi connectivity index (χ1n) is 8.18. The monoisotopic (exact) mass is 382 g/mol. The molecule has 1 aromatic carbocycles. The zero-order valence-corrected chi connectivity index (χ0v) is 16.1. The number of hydrogen-bond acceptors (Lipinski definition) is 5. The summed E-state index contributed by atoms with van der Waals surface area (Å²) >= 11 is 1.38. The number of carbonyl (C=O) groups is 1. The number of sulfone groups is 1. The van der Waals surface area contributed by atoms with Crippen molar-refractivity contribution in [1.29, 1.82) is 0 Å². The number of fused-ring (bicyclic) bond motifs is 1. The first kappa shape index (κ1) is 18.4. The molecular weight excluding hydrogens is 360 g/mol. The Labute approximate surface area is 152 Å². The van der Waals surface area contributed by atoms with E-state index in [1.54, 1.807) is 0 Å². The van der Waals surface area contributed by atoms with Gasteiger partial charge >= 0.3 is 0 Å². The minimum absolute atomic E-state index is 0.0860. The molecule has 2 fully saturated rings. The number of para-hydroxylation sites is 1. The van der Waals surface area contributed by atoms with Crippen LogP contribution >= 0.6 is 11.8 Å². The lowest BCUT2D eigenvalue weighted by atomic mass is 9.99. The van der Waals surface area contributed by atoms with Gasteiger partial charge in [-0.25, -0.2) is 8.42 Å². The van der Waals surface area contributed by atoms with E-state index in [4.69, 9.17) is 4.74 Å². The van der Waals surface area contributed by atoms with Crippen LogP contribution in [0.15, 0.2) is 29.3 Å². The lowest BCUT2D eigenvalue weighted by molar-refractivity contribution is -0.121. The molecule has 0 saturated carbocycles. The van der Waals surface area contributed by atoms with Crippen LogP contribution in [0.25, 0.3) is 0 Å². The standard InChI is InChI=1S/C17H22N2O4S2/c1-11(2)12-6-4-5-7-13(12)19-14-9-25(21,22)10-15(14)24-17(19)18-16(20)8-23-3/h4-7,11,14-15H,8-10H2,1-3H3/t14-,15-/m1/s1. The summed E-state index contributed by atoms with van der Waals surface area (Å²) in [5.74, 6) is 0.128. The van der Waals surface area contributed by atoms with E-state index in [0.29, 0.717) is 5.17 Å². The zero-order chi connectivity index (χ0) is 18.2. The Morgan fingerprint density at radius 3 is 2.76 bits per heavy atom. The summed E-state index contributed by atoms with van der Waals surface area (Å²) in [4.78, 5) is 18.1. The molecule has 2 aliphatic rings. The molecule has 0 aromatic heterocycles. The average Bonchev–Trinajstić information content (AvgIpc) is 2.98. The van der Waals surface area contributed by atoms with E-state index in [2.05, 4.69) is 18.8 Å². The lowest BCUT2D eigenvalue weighted by Gasteiger charge is -2.28. The molecule has 0 spiro atoms. The maximum Gasteiger partial charge on any atom is 0.274 e. The first-order chi connectivity index (χ1) is 11.8. The van der Waals surface area contributed by atoms with Gasteiger partial charge in [-0.15, -0.1) is 0 Å². The van der Waals surface area contributed by atoms with Crippen LogP contribution in [0.5, 0.6) is 0 Å². The maximum atomic E-state index is 12.1. The Kier molecular flexibility index (Phi) is 5.22. The molecule has 0 aliphatic carbocycles. The Hall–Kier alpha value is -1.38. The molecule has 25 heavy (non-hydrogen) atoms. The van der Waals surface area contributed by atoms with Gasteiger partial charge in [0.05, 0.1) is 17.5 Å². The van der Waals surface area contributed by atoms with Gasteiger partial charge in [-0.05, 0) is 17.5 Å². The second-order valence-corrected chi connectivity index (χ2v) is 9.97. The summed E-state index contributed by atoms with van der Waals surface area (Å²) in [6.45, 7) is 4.10. The van der Waals surface area contributed by atoms with Crippen LogP contribution in [0.4, 0.5) is 5.69 Å². The average molecular weight is 383 g/mol. The van der Waals surface area contributed by atoms with Crippen LogP contribution in [0.2, 0.25) is 0 Å². The van der Waals surface area contributed by atoms with Crippen molar-refractivity contribution in [3.63, 3.8) is 0 Å². The summed E-state index contributed by atoms with van der Waals surface area (Å²) in [5.41, 5.74) is 2.04. The quantitative estimate of drug-likeness (QED) is 0.793. The molecule has 6 nitrogen and oxygen atoms in total. The summed E-state index contributed by atoms with van der Waals surface area (Å²) in [6.07, 6.45) is 0. The predicted octanol–water partition coefficient (Wildman–Crippen LogP) is 2.06. The molecule has 2 aliphatic heterocycles. The zero-order valence-electron chi connectivity index (χ0n) is 14.5. The highest BCUT2D eigenvalue weighted by Gasteiger charge is 2.49. The highest BCUT2D eigenvalue weighted by Crippen LogP contribution is 2.43. The number of thioether (sulfide) groups is 1. The number of rotatable bonds is 4. The van der Waals surface area contributed by atoms with E-state index in [1.807, 2.05) is 29.2 Å². The Bertz CT molecular complexity index is 805. The topological polar surface area (TPSA) is 76.0 Å². The highest BCUT2D eigenvalue weighted by molar-refractivity contribution is 8.16. The smallest absolute Gasteiger partial charge is 0.274 e. The molecule has 0 unspecified atom stereocenters. The number of methoxy groups -OCH3 is 1. The molecule has 2 saturated heterocycles. The van der Waals surface area contributed by atoms with Crippen LogP contribution in [0.3, 0.4) is 0 Å². The number of aliphatic imine (C=N–C) groups is 1. The van der Waals surface area contributed by atoms with Crippen LogP contribution in [-0.2, 0) is 19.4 Å². The lowest BCUT2D eigenvalue weighted by Crippen LogP contribution is -2.38. The molecule has 3 rings (SSSR count). The van der Waals surface area contributed by atoms with E-state index in [9.17, 15) is 13.2 Å². The summed E-state index contributed by atoms with van der Waals surface area (Å²) in [5, 5.41) is 0.472. The molecule has 0 radical (unpaired) electrons. The highest BCUT2D eigenvalue weighted by atomic mass is 32.2. The molecule has 0 bridgehead atoms. The SMILES string of the molecule is COCC(=O)N=C1S[C@@H]2CS(=O)(=O)C[C@H]2N1c1ccccc1C(C)C. The van der Waals surface area contributed by atoms with E-state index in [1.165, 1.54) is 18.9 Å². The second-order valence-electron chi connectivity index (χ2n) is 6.61. The van der Waals surface area contributed by atoms with Crippen LogP contribution < -0.4 is 4.90 Å². The molecule has 136 valence electrons. The van der Waals surface area contributed by atoms with Gasteiger partial charge in [0.25, 0.3) is 5.91 Å². The van der Waals surface area contributed by atoms with Crippen molar-refractivity contribution < 1.29 is 17.9 Å². The largest absolute Gasteiger partial charge is 0.375 e. The van der Waals surface area contributed by atoms with Gasteiger partial charge in [0.15, 0.2) is 15.0 Å².